The number of carbonyl (C=O) groups is 1. The molecule has 10 nitrogen and oxygen atoms in total. The van der Waals surface area contributed by atoms with Crippen LogP contribution >= 0.6 is 7.82 Å². The summed E-state index contributed by atoms with van der Waals surface area (Å²) >= 11 is 0. The van der Waals surface area contributed by atoms with Gasteiger partial charge in [0.05, 0.1) is 5.75 Å². The highest BCUT2D eigenvalue weighted by Gasteiger charge is 2.68. The van der Waals surface area contributed by atoms with Gasteiger partial charge in [-0.25, -0.2) is 17.9 Å². The molecule has 0 aromatic carbocycles. The average molecular weight is 616 g/mol. The Balaban J connectivity index is 1.45. The Hall–Kier alpha value is -0.690. The fraction of sp³-hybridized carbons (Fsp3) is 0.962. The highest BCUT2D eigenvalue weighted by atomic mass is 32.2. The van der Waals surface area contributed by atoms with Gasteiger partial charge in [0.25, 0.3) is 10.1 Å². The number of rotatable bonds is 9. The van der Waals surface area contributed by atoms with Crippen LogP contribution in [0.3, 0.4) is 0 Å². The first-order valence-corrected chi connectivity index (χ1v) is 17.4. The van der Waals surface area contributed by atoms with Gasteiger partial charge in [0.1, 0.15) is 0 Å². The van der Waals surface area contributed by atoms with Crippen LogP contribution in [-0.2, 0) is 24.0 Å². The minimum atomic E-state index is -5.09. The number of hydrogen-bond donors (Lipinski definition) is 5. The zero-order valence-corrected chi connectivity index (χ0v) is 25.1. The van der Waals surface area contributed by atoms with Crippen molar-refractivity contribution in [1.29, 1.82) is 0 Å². The molecule has 40 heavy (non-hydrogen) atoms. The zero-order chi connectivity index (χ0) is 29.9. The SMILES string of the molecule is CC(CCC(=O)NCCS(=O)(=O)O)C1CCC2C3C(CCC12C)C1(C)CCC(F)(OP(=O)(O)O)CC1CC3(O)F. The van der Waals surface area contributed by atoms with Gasteiger partial charge in [-0.15, -0.1) is 0 Å². The maximum Gasteiger partial charge on any atom is 0.472 e. The second kappa shape index (κ2) is 10.8. The molecule has 0 saturated heterocycles. The molecular formula is C26H44F2NO9PS. The summed E-state index contributed by atoms with van der Waals surface area (Å²) in [5, 5.41) is 13.7. The Morgan fingerprint density at radius 1 is 1.07 bits per heavy atom. The van der Waals surface area contributed by atoms with Crippen molar-refractivity contribution in [1.82, 2.24) is 5.32 Å². The van der Waals surface area contributed by atoms with Crippen LogP contribution in [0, 0.1) is 46.3 Å². The van der Waals surface area contributed by atoms with E-state index in [9.17, 15) is 32.7 Å². The monoisotopic (exact) mass is 615 g/mol. The van der Waals surface area contributed by atoms with E-state index < -0.39 is 52.7 Å². The van der Waals surface area contributed by atoms with E-state index in [1.807, 2.05) is 6.92 Å². The van der Waals surface area contributed by atoms with Gasteiger partial charge in [0, 0.05) is 38.1 Å². The summed E-state index contributed by atoms with van der Waals surface area (Å²) in [5.41, 5.74) is -0.755. The summed E-state index contributed by atoms with van der Waals surface area (Å²) in [6, 6.07) is 0. The van der Waals surface area contributed by atoms with E-state index in [0.29, 0.717) is 12.8 Å². The molecule has 14 heteroatoms. The van der Waals surface area contributed by atoms with E-state index in [4.69, 9.17) is 4.55 Å². The van der Waals surface area contributed by atoms with Gasteiger partial charge in [0.2, 0.25) is 17.6 Å². The third kappa shape index (κ3) is 6.45. The van der Waals surface area contributed by atoms with Gasteiger partial charge in [-0.05, 0) is 78.9 Å². The molecule has 0 heterocycles. The largest absolute Gasteiger partial charge is 0.472 e. The van der Waals surface area contributed by atoms with Gasteiger partial charge < -0.3 is 20.2 Å². The zero-order valence-electron chi connectivity index (χ0n) is 23.4. The van der Waals surface area contributed by atoms with Gasteiger partial charge in [-0.3, -0.25) is 9.35 Å². The maximum atomic E-state index is 16.3. The number of alkyl halides is 2. The van der Waals surface area contributed by atoms with Crippen LogP contribution in [0.2, 0.25) is 0 Å². The quantitative estimate of drug-likeness (QED) is 0.189. The lowest BCUT2D eigenvalue weighted by Gasteiger charge is -2.64. The van der Waals surface area contributed by atoms with E-state index >= 15 is 8.78 Å². The number of phosphoric ester groups is 1. The summed E-state index contributed by atoms with van der Waals surface area (Å²) in [6.07, 6.45) is 3.16. The molecule has 4 aliphatic rings. The summed E-state index contributed by atoms with van der Waals surface area (Å²) in [6.45, 7) is 6.06. The molecule has 5 N–H and O–H groups in total. The highest BCUT2D eigenvalue weighted by Crippen LogP contribution is 2.71. The first-order chi connectivity index (χ1) is 18.2. The van der Waals surface area contributed by atoms with E-state index in [1.54, 1.807) is 0 Å². The van der Waals surface area contributed by atoms with Crippen LogP contribution in [0.5, 0.6) is 0 Å². The van der Waals surface area contributed by atoms with Crippen molar-refractivity contribution in [2.45, 2.75) is 96.7 Å². The summed E-state index contributed by atoms with van der Waals surface area (Å²) in [5.74, 6) is -7.20. The lowest BCUT2D eigenvalue weighted by atomic mass is 9.43. The molecule has 10 unspecified atom stereocenters. The van der Waals surface area contributed by atoms with Gasteiger partial charge in [-0.2, -0.15) is 8.42 Å². The molecule has 4 rings (SSSR count). The van der Waals surface area contributed by atoms with Crippen molar-refractivity contribution >= 4 is 23.8 Å². The minimum Gasteiger partial charge on any atom is -0.361 e. The second-order valence-electron chi connectivity index (χ2n) is 13.5. The smallest absolute Gasteiger partial charge is 0.361 e. The molecule has 0 bridgehead atoms. The van der Waals surface area contributed by atoms with Crippen molar-refractivity contribution in [3.05, 3.63) is 0 Å². The lowest BCUT2D eigenvalue weighted by Crippen LogP contribution is -2.63. The molecule has 0 aromatic rings. The molecule has 4 aliphatic carbocycles. The van der Waals surface area contributed by atoms with Crippen LogP contribution in [0.4, 0.5) is 8.78 Å². The molecule has 0 aliphatic heterocycles. The normalized spacial score (nSPS) is 44.3. The minimum absolute atomic E-state index is 0.0986. The maximum absolute atomic E-state index is 16.3. The predicted octanol–water partition coefficient (Wildman–Crippen LogP) is 4.11. The van der Waals surface area contributed by atoms with Crippen LogP contribution in [0.15, 0.2) is 0 Å². The Morgan fingerprint density at radius 3 is 2.35 bits per heavy atom. The number of nitrogens with one attached hydrogen (secondary N) is 1. The van der Waals surface area contributed by atoms with Crippen molar-refractivity contribution in [3.63, 3.8) is 0 Å². The van der Waals surface area contributed by atoms with Crippen molar-refractivity contribution in [2.24, 2.45) is 46.3 Å². The van der Waals surface area contributed by atoms with E-state index in [-0.39, 0.29) is 73.6 Å². The number of carbonyl (C=O) groups excluding carboxylic acids is 1. The fourth-order valence-electron chi connectivity index (χ4n) is 9.37. The van der Waals surface area contributed by atoms with Crippen LogP contribution in [0.1, 0.15) is 85.0 Å². The first-order valence-electron chi connectivity index (χ1n) is 14.3. The number of amides is 1. The Labute approximate surface area is 235 Å². The summed E-state index contributed by atoms with van der Waals surface area (Å²) in [7, 11) is -9.24. The summed E-state index contributed by atoms with van der Waals surface area (Å²) in [4.78, 5) is 30.6. The Kier molecular flexibility index (Phi) is 8.69. The molecular weight excluding hydrogens is 571 g/mol. The number of fused-ring (bicyclic) bond motifs is 5. The van der Waals surface area contributed by atoms with Crippen LogP contribution < -0.4 is 5.32 Å². The topological polar surface area (TPSA) is 170 Å². The third-order valence-corrected chi connectivity index (χ3v) is 12.5. The third-order valence-electron chi connectivity index (χ3n) is 11.2. The van der Waals surface area contributed by atoms with Crippen molar-refractivity contribution in [2.75, 3.05) is 12.3 Å². The van der Waals surface area contributed by atoms with Crippen molar-refractivity contribution < 1.29 is 50.5 Å². The standard InChI is InChI=1S/C26H44F2NO9PS/c1-16(4-7-21(30)29-12-13-40(35,36)37)18-5-6-19-22-20(8-9-24(18,19)3)23(2)10-11-25(27,38-39(32,33)34)14-17(23)15-26(22,28)31/h16-20,22,31H,4-15H2,1-3H3,(H,29,30)(H2,32,33,34)(H,35,36,37). The number of hydrogen-bond acceptors (Lipinski definition) is 6. The molecule has 1 amide bonds. The van der Waals surface area contributed by atoms with E-state index in [2.05, 4.69) is 23.7 Å². The van der Waals surface area contributed by atoms with E-state index in [1.165, 1.54) is 0 Å². The molecule has 0 spiro atoms. The van der Waals surface area contributed by atoms with Gasteiger partial charge in [0.15, 0.2) is 0 Å². The van der Waals surface area contributed by atoms with Crippen molar-refractivity contribution in [3.8, 4) is 0 Å². The second-order valence-corrected chi connectivity index (χ2v) is 16.2. The average Bonchev–Trinajstić information content (AvgIpc) is 3.13. The van der Waals surface area contributed by atoms with Gasteiger partial charge >= 0.3 is 7.82 Å². The van der Waals surface area contributed by atoms with Crippen LogP contribution in [0.25, 0.3) is 0 Å². The highest BCUT2D eigenvalue weighted by molar-refractivity contribution is 7.85. The molecule has 232 valence electrons. The van der Waals surface area contributed by atoms with Gasteiger partial charge in [-0.1, -0.05) is 20.8 Å². The lowest BCUT2D eigenvalue weighted by molar-refractivity contribution is -0.283. The van der Waals surface area contributed by atoms with Crippen LogP contribution in [-0.4, -0.2) is 57.8 Å². The summed E-state index contributed by atoms with van der Waals surface area (Å²) < 4.78 is 78.0. The molecule has 10 atom stereocenters. The Morgan fingerprint density at radius 2 is 1.73 bits per heavy atom. The molecule has 0 radical (unpaired) electrons. The number of halogens is 2. The first kappa shape index (κ1) is 32.2. The Bertz CT molecular complexity index is 1140. The molecule has 4 saturated carbocycles. The molecule has 4 fully saturated rings. The predicted molar refractivity (Wildman–Crippen MR) is 141 cm³/mol. The van der Waals surface area contributed by atoms with E-state index in [0.717, 1.165) is 19.3 Å². The molecule has 0 aromatic heterocycles. The number of aliphatic hydroxyl groups is 1. The number of phosphoric acid groups is 1. The fourth-order valence-corrected chi connectivity index (χ4v) is 10.3.